The summed E-state index contributed by atoms with van der Waals surface area (Å²) in [6.45, 7) is -0.299. The van der Waals surface area contributed by atoms with Gasteiger partial charge in [0.1, 0.15) is 11.6 Å². The lowest BCUT2D eigenvalue weighted by atomic mass is 10.1. The fraction of sp³-hybridized carbons (Fsp3) is 0.263. The zero-order chi connectivity index (χ0) is 17.8. The number of nitrogens with zero attached hydrogens (tertiary/aromatic N) is 1. The molecule has 0 bridgehead atoms. The smallest absolute Gasteiger partial charge is 0.246 e. The Bertz CT molecular complexity index is 776. The monoisotopic (exact) mass is 344 g/mol. The van der Waals surface area contributed by atoms with Crippen molar-refractivity contribution in [2.45, 2.75) is 19.4 Å². The highest BCUT2D eigenvalue weighted by Gasteiger charge is 2.30. The summed E-state index contributed by atoms with van der Waals surface area (Å²) in [5, 5.41) is 2.61. The second-order valence-corrected chi connectivity index (χ2v) is 6.04. The molecule has 1 aliphatic rings. The molecular weight excluding hydrogens is 326 g/mol. The lowest BCUT2D eigenvalue weighted by Crippen LogP contribution is -2.40. The molecule has 1 fully saturated rings. The zero-order valence-electron chi connectivity index (χ0n) is 13.5. The van der Waals surface area contributed by atoms with Crippen molar-refractivity contribution in [3.8, 4) is 0 Å². The van der Waals surface area contributed by atoms with Crippen LogP contribution in [0.2, 0.25) is 0 Å². The Morgan fingerprint density at radius 3 is 2.48 bits per heavy atom. The van der Waals surface area contributed by atoms with E-state index in [-0.39, 0.29) is 36.4 Å². The van der Waals surface area contributed by atoms with Gasteiger partial charge in [-0.2, -0.15) is 0 Å². The molecular formula is C19H18F2N2O2. The second kappa shape index (κ2) is 7.42. The third kappa shape index (κ3) is 4.41. The minimum atomic E-state index is -0.586. The number of para-hydroxylation sites is 1. The van der Waals surface area contributed by atoms with Crippen molar-refractivity contribution in [2.75, 3.05) is 11.4 Å². The number of hydrogen-bond donors (Lipinski definition) is 1. The van der Waals surface area contributed by atoms with Gasteiger partial charge in [0.2, 0.25) is 11.8 Å². The van der Waals surface area contributed by atoms with E-state index in [1.807, 2.05) is 0 Å². The lowest BCUT2D eigenvalue weighted by Gasteiger charge is -2.23. The summed E-state index contributed by atoms with van der Waals surface area (Å²) in [6.07, 6.45) is 1.69. The number of benzene rings is 2. The largest absolute Gasteiger partial charge is 0.347 e. The van der Waals surface area contributed by atoms with Gasteiger partial charge in [0.15, 0.2) is 0 Å². The first-order valence-corrected chi connectivity index (χ1v) is 8.11. The third-order valence-corrected chi connectivity index (χ3v) is 4.07. The Hall–Kier alpha value is -2.76. The molecule has 1 N–H and O–H groups in total. The topological polar surface area (TPSA) is 49.4 Å². The summed E-state index contributed by atoms with van der Waals surface area (Å²) < 4.78 is 27.4. The maximum absolute atomic E-state index is 14.0. The Morgan fingerprint density at radius 2 is 1.80 bits per heavy atom. The van der Waals surface area contributed by atoms with E-state index in [0.29, 0.717) is 5.69 Å². The first kappa shape index (κ1) is 17.1. The van der Waals surface area contributed by atoms with Crippen LogP contribution in [-0.2, 0) is 16.1 Å². The summed E-state index contributed by atoms with van der Waals surface area (Å²) in [6, 6.07) is 11.8. The standard InChI is InChI=1S/C19H18F2N2O2/c20-15-8-9-17(21)14(10-15)12-23(16-4-2-1-3-5-16)18(24)11-22-19(25)13-6-7-13/h1-5,8-10,13H,6-7,11-12H2,(H,22,25). The summed E-state index contributed by atoms with van der Waals surface area (Å²) in [7, 11) is 0. The van der Waals surface area contributed by atoms with E-state index in [4.69, 9.17) is 0 Å². The third-order valence-electron chi connectivity index (χ3n) is 4.07. The minimum Gasteiger partial charge on any atom is -0.347 e. The van der Waals surface area contributed by atoms with Crippen LogP contribution in [0.5, 0.6) is 0 Å². The van der Waals surface area contributed by atoms with Crippen LogP contribution < -0.4 is 10.2 Å². The van der Waals surface area contributed by atoms with Gasteiger partial charge in [0.05, 0.1) is 13.1 Å². The molecule has 0 saturated heterocycles. The van der Waals surface area contributed by atoms with E-state index in [9.17, 15) is 18.4 Å². The Kier molecular flexibility index (Phi) is 5.07. The summed E-state index contributed by atoms with van der Waals surface area (Å²) in [4.78, 5) is 25.7. The van der Waals surface area contributed by atoms with Gasteiger partial charge in [-0.25, -0.2) is 8.78 Å². The van der Waals surface area contributed by atoms with Gasteiger partial charge in [0.25, 0.3) is 0 Å². The molecule has 1 saturated carbocycles. The first-order valence-electron chi connectivity index (χ1n) is 8.11. The maximum Gasteiger partial charge on any atom is 0.246 e. The van der Waals surface area contributed by atoms with Crippen LogP contribution in [0.3, 0.4) is 0 Å². The van der Waals surface area contributed by atoms with E-state index in [1.54, 1.807) is 30.3 Å². The Labute approximate surface area is 144 Å². The highest BCUT2D eigenvalue weighted by atomic mass is 19.1. The molecule has 0 aromatic heterocycles. The van der Waals surface area contributed by atoms with Gasteiger partial charge in [-0.05, 0) is 43.2 Å². The number of anilines is 1. The summed E-state index contributed by atoms with van der Waals surface area (Å²) >= 11 is 0. The predicted molar refractivity (Wildman–Crippen MR) is 89.7 cm³/mol. The first-order chi connectivity index (χ1) is 12.0. The number of nitrogens with one attached hydrogen (secondary N) is 1. The predicted octanol–water partition coefficient (Wildman–Crippen LogP) is 3.02. The minimum absolute atomic E-state index is 0.00126. The average Bonchev–Trinajstić information content (AvgIpc) is 3.46. The molecule has 6 heteroatoms. The fourth-order valence-corrected chi connectivity index (χ4v) is 2.51. The van der Waals surface area contributed by atoms with Crippen LogP contribution in [-0.4, -0.2) is 18.4 Å². The normalized spacial score (nSPS) is 13.4. The van der Waals surface area contributed by atoms with E-state index in [1.165, 1.54) is 4.90 Å². The number of carbonyl (C=O) groups excluding carboxylic acids is 2. The van der Waals surface area contributed by atoms with Gasteiger partial charge in [-0.3, -0.25) is 9.59 Å². The van der Waals surface area contributed by atoms with Crippen molar-refractivity contribution in [1.82, 2.24) is 5.32 Å². The van der Waals surface area contributed by atoms with Crippen molar-refractivity contribution >= 4 is 17.5 Å². The van der Waals surface area contributed by atoms with Crippen molar-refractivity contribution in [3.63, 3.8) is 0 Å². The quantitative estimate of drug-likeness (QED) is 0.876. The number of rotatable bonds is 6. The van der Waals surface area contributed by atoms with Gasteiger partial charge < -0.3 is 10.2 Å². The molecule has 4 nitrogen and oxygen atoms in total. The van der Waals surface area contributed by atoms with Gasteiger partial charge in [-0.1, -0.05) is 18.2 Å². The molecule has 2 amide bonds. The summed E-state index contributed by atoms with van der Waals surface area (Å²) in [5.74, 6) is -1.68. The molecule has 2 aromatic rings. The van der Waals surface area contributed by atoms with Gasteiger partial charge in [0, 0.05) is 17.2 Å². The number of carbonyl (C=O) groups is 2. The number of amides is 2. The molecule has 2 aromatic carbocycles. The molecule has 130 valence electrons. The lowest BCUT2D eigenvalue weighted by molar-refractivity contribution is -0.125. The molecule has 1 aliphatic carbocycles. The van der Waals surface area contributed by atoms with Crippen LogP contribution in [0.1, 0.15) is 18.4 Å². The van der Waals surface area contributed by atoms with Crippen LogP contribution in [0.4, 0.5) is 14.5 Å². The van der Waals surface area contributed by atoms with Crippen molar-refractivity contribution < 1.29 is 18.4 Å². The number of halogens is 2. The average molecular weight is 344 g/mol. The van der Waals surface area contributed by atoms with E-state index < -0.39 is 11.6 Å². The van der Waals surface area contributed by atoms with Gasteiger partial charge in [-0.15, -0.1) is 0 Å². The van der Waals surface area contributed by atoms with E-state index in [0.717, 1.165) is 31.0 Å². The summed E-state index contributed by atoms with van der Waals surface area (Å²) in [5.41, 5.74) is 0.627. The zero-order valence-corrected chi connectivity index (χ0v) is 13.5. The molecule has 25 heavy (non-hydrogen) atoms. The highest BCUT2D eigenvalue weighted by Crippen LogP contribution is 2.28. The molecule has 0 aliphatic heterocycles. The van der Waals surface area contributed by atoms with Crippen LogP contribution in [0, 0.1) is 17.6 Å². The molecule has 0 radical (unpaired) electrons. The Balaban J connectivity index is 1.78. The SMILES string of the molecule is O=C(NCC(=O)N(Cc1cc(F)ccc1F)c1ccccc1)C1CC1. The number of hydrogen-bond acceptors (Lipinski definition) is 2. The van der Waals surface area contributed by atoms with E-state index in [2.05, 4.69) is 5.32 Å². The van der Waals surface area contributed by atoms with Crippen LogP contribution >= 0.6 is 0 Å². The molecule has 0 atom stereocenters. The Morgan fingerprint density at radius 1 is 1.08 bits per heavy atom. The maximum atomic E-state index is 14.0. The van der Waals surface area contributed by atoms with E-state index >= 15 is 0 Å². The molecule has 0 heterocycles. The van der Waals surface area contributed by atoms with Gasteiger partial charge >= 0.3 is 0 Å². The molecule has 0 unspecified atom stereocenters. The molecule has 3 rings (SSSR count). The van der Waals surface area contributed by atoms with Crippen LogP contribution in [0.15, 0.2) is 48.5 Å². The van der Waals surface area contributed by atoms with Crippen molar-refractivity contribution in [1.29, 1.82) is 0 Å². The molecule has 0 spiro atoms. The second-order valence-electron chi connectivity index (χ2n) is 6.04. The van der Waals surface area contributed by atoms with Crippen molar-refractivity contribution in [2.24, 2.45) is 5.92 Å². The van der Waals surface area contributed by atoms with Crippen molar-refractivity contribution in [3.05, 3.63) is 65.7 Å². The highest BCUT2D eigenvalue weighted by molar-refractivity contribution is 5.97. The fourth-order valence-electron chi connectivity index (χ4n) is 2.51. The van der Waals surface area contributed by atoms with Crippen LogP contribution in [0.25, 0.3) is 0 Å².